The first-order valence-electron chi connectivity index (χ1n) is 11.2. The van der Waals surface area contributed by atoms with Crippen LogP contribution in [0.5, 0.6) is 0 Å². The minimum absolute atomic E-state index is 0.527. The molecule has 8 heteroatoms. The van der Waals surface area contributed by atoms with Gasteiger partial charge in [-0.15, -0.1) is 0 Å². The Hall–Kier alpha value is -3.62. The second-order valence-electron chi connectivity index (χ2n) is 8.12. The first-order valence-corrected chi connectivity index (χ1v) is 11.2. The van der Waals surface area contributed by atoms with Crippen molar-refractivity contribution in [3.8, 4) is 17.2 Å². The third kappa shape index (κ3) is 3.99. The van der Waals surface area contributed by atoms with E-state index in [0.29, 0.717) is 25.8 Å². The number of nitrogens with zero attached hydrogens (tertiary/aromatic N) is 6. The summed E-state index contributed by atoms with van der Waals surface area (Å²) in [6.07, 6.45) is 6.94. The SMILES string of the molecule is C1=C(c2cnc3c(N4CCOCC4)nc(-n4ccc(-c5ccccc5)n4)nc3c2)COCC1. The Bertz CT molecular complexity index is 1310. The van der Waals surface area contributed by atoms with Crippen molar-refractivity contribution < 1.29 is 9.47 Å². The summed E-state index contributed by atoms with van der Waals surface area (Å²) in [6.45, 7) is 4.24. The van der Waals surface area contributed by atoms with Gasteiger partial charge in [0.25, 0.3) is 5.95 Å². The monoisotopic (exact) mass is 440 g/mol. The van der Waals surface area contributed by atoms with Gasteiger partial charge in [-0.1, -0.05) is 36.4 Å². The Morgan fingerprint density at radius 3 is 2.58 bits per heavy atom. The number of benzene rings is 1. The fourth-order valence-corrected chi connectivity index (χ4v) is 4.22. The highest BCUT2D eigenvalue weighted by molar-refractivity contribution is 5.88. The Labute approximate surface area is 191 Å². The van der Waals surface area contributed by atoms with Crippen LogP contribution in [-0.4, -0.2) is 64.2 Å². The van der Waals surface area contributed by atoms with Crippen LogP contribution in [0, 0.1) is 0 Å². The zero-order valence-corrected chi connectivity index (χ0v) is 18.2. The molecular formula is C25H24N6O2. The van der Waals surface area contributed by atoms with Gasteiger partial charge >= 0.3 is 0 Å². The molecular weight excluding hydrogens is 416 g/mol. The number of rotatable bonds is 4. The average molecular weight is 441 g/mol. The Balaban J connectivity index is 1.46. The smallest absolute Gasteiger partial charge is 0.253 e. The van der Waals surface area contributed by atoms with E-state index in [1.807, 2.05) is 48.8 Å². The van der Waals surface area contributed by atoms with Crippen LogP contribution < -0.4 is 4.90 Å². The van der Waals surface area contributed by atoms with Crippen LogP contribution in [-0.2, 0) is 9.47 Å². The third-order valence-electron chi connectivity index (χ3n) is 5.96. The van der Waals surface area contributed by atoms with Gasteiger partial charge in [0, 0.05) is 36.6 Å². The van der Waals surface area contributed by atoms with E-state index in [0.717, 1.165) is 65.4 Å². The molecule has 0 aliphatic carbocycles. The van der Waals surface area contributed by atoms with Crippen molar-refractivity contribution in [2.24, 2.45) is 0 Å². The summed E-state index contributed by atoms with van der Waals surface area (Å²) in [5, 5.41) is 4.75. The van der Waals surface area contributed by atoms with Crippen molar-refractivity contribution in [1.82, 2.24) is 24.7 Å². The molecule has 0 spiro atoms. The van der Waals surface area contributed by atoms with Crippen molar-refractivity contribution in [2.45, 2.75) is 6.42 Å². The van der Waals surface area contributed by atoms with Gasteiger partial charge in [0.1, 0.15) is 5.52 Å². The maximum absolute atomic E-state index is 5.64. The van der Waals surface area contributed by atoms with Crippen LogP contribution in [0.4, 0.5) is 5.82 Å². The van der Waals surface area contributed by atoms with E-state index >= 15 is 0 Å². The summed E-state index contributed by atoms with van der Waals surface area (Å²) in [5.74, 6) is 1.34. The summed E-state index contributed by atoms with van der Waals surface area (Å²) >= 11 is 0. The highest BCUT2D eigenvalue weighted by Gasteiger charge is 2.20. The molecule has 166 valence electrons. The van der Waals surface area contributed by atoms with Crippen LogP contribution in [0.15, 0.2) is 60.9 Å². The standard InChI is InChI=1S/C25H24N6O2/c1-2-5-18(6-3-1)21-8-9-31(29-21)25-27-22-15-20(19-7-4-12-33-17-19)16-26-23(22)24(28-25)30-10-13-32-14-11-30/h1-3,5-9,15-16H,4,10-14,17H2. The minimum atomic E-state index is 0.527. The fourth-order valence-electron chi connectivity index (χ4n) is 4.22. The van der Waals surface area contributed by atoms with Crippen LogP contribution in [0.25, 0.3) is 33.8 Å². The maximum Gasteiger partial charge on any atom is 0.253 e. The van der Waals surface area contributed by atoms with E-state index < -0.39 is 0 Å². The largest absolute Gasteiger partial charge is 0.378 e. The highest BCUT2D eigenvalue weighted by Crippen LogP contribution is 2.28. The summed E-state index contributed by atoms with van der Waals surface area (Å²) < 4.78 is 12.9. The average Bonchev–Trinajstić information content (AvgIpc) is 3.40. The van der Waals surface area contributed by atoms with Crippen molar-refractivity contribution in [3.05, 3.63) is 66.5 Å². The molecule has 0 radical (unpaired) electrons. The van der Waals surface area contributed by atoms with E-state index in [1.165, 1.54) is 0 Å². The molecule has 1 saturated heterocycles. The number of hydrogen-bond donors (Lipinski definition) is 0. The lowest BCUT2D eigenvalue weighted by molar-refractivity contribution is 0.122. The topological polar surface area (TPSA) is 78.2 Å². The molecule has 5 heterocycles. The lowest BCUT2D eigenvalue weighted by Gasteiger charge is -2.28. The summed E-state index contributed by atoms with van der Waals surface area (Å²) in [6, 6.07) is 14.2. The molecule has 6 rings (SSSR count). The molecule has 1 aromatic carbocycles. The Morgan fingerprint density at radius 2 is 1.76 bits per heavy atom. The van der Waals surface area contributed by atoms with E-state index in [4.69, 9.17) is 29.5 Å². The molecule has 33 heavy (non-hydrogen) atoms. The minimum Gasteiger partial charge on any atom is -0.378 e. The van der Waals surface area contributed by atoms with Gasteiger partial charge in [-0.3, -0.25) is 4.98 Å². The van der Waals surface area contributed by atoms with Crippen LogP contribution in [0.3, 0.4) is 0 Å². The number of ether oxygens (including phenoxy) is 2. The molecule has 8 nitrogen and oxygen atoms in total. The molecule has 0 saturated carbocycles. The van der Waals surface area contributed by atoms with E-state index in [2.05, 4.69) is 17.0 Å². The number of aromatic nitrogens is 5. The van der Waals surface area contributed by atoms with Gasteiger partial charge in [0.05, 0.1) is 37.6 Å². The lowest BCUT2D eigenvalue weighted by Crippen LogP contribution is -2.37. The van der Waals surface area contributed by atoms with Crippen molar-refractivity contribution in [2.75, 3.05) is 44.4 Å². The number of pyridine rings is 1. The predicted molar refractivity (Wildman–Crippen MR) is 126 cm³/mol. The highest BCUT2D eigenvalue weighted by atomic mass is 16.5. The van der Waals surface area contributed by atoms with Crippen LogP contribution >= 0.6 is 0 Å². The molecule has 2 aliphatic heterocycles. The molecule has 3 aromatic heterocycles. The fraction of sp³-hybridized carbons (Fsp3) is 0.280. The van der Waals surface area contributed by atoms with Crippen molar-refractivity contribution in [1.29, 1.82) is 0 Å². The van der Waals surface area contributed by atoms with Crippen molar-refractivity contribution >= 4 is 22.4 Å². The van der Waals surface area contributed by atoms with Gasteiger partial charge in [0.15, 0.2) is 5.82 Å². The Kier molecular flexibility index (Phi) is 5.29. The Morgan fingerprint density at radius 1 is 0.879 bits per heavy atom. The number of anilines is 1. The van der Waals surface area contributed by atoms with Crippen molar-refractivity contribution in [3.63, 3.8) is 0 Å². The van der Waals surface area contributed by atoms with E-state index in [-0.39, 0.29) is 0 Å². The quantitative estimate of drug-likeness (QED) is 0.480. The maximum atomic E-state index is 5.64. The first-order chi connectivity index (χ1) is 16.3. The van der Waals surface area contributed by atoms with E-state index in [9.17, 15) is 0 Å². The van der Waals surface area contributed by atoms with Crippen LogP contribution in [0.2, 0.25) is 0 Å². The molecule has 1 fully saturated rings. The van der Waals surface area contributed by atoms with E-state index in [1.54, 1.807) is 4.68 Å². The van der Waals surface area contributed by atoms with Gasteiger partial charge in [0.2, 0.25) is 0 Å². The number of morpholine rings is 1. The number of fused-ring (bicyclic) bond motifs is 1. The van der Waals surface area contributed by atoms with Gasteiger partial charge in [-0.25, -0.2) is 9.67 Å². The predicted octanol–water partition coefficient (Wildman–Crippen LogP) is 3.52. The molecule has 0 atom stereocenters. The number of hydrogen-bond acceptors (Lipinski definition) is 7. The van der Waals surface area contributed by atoms with Gasteiger partial charge in [-0.05, 0) is 24.1 Å². The molecule has 0 unspecified atom stereocenters. The van der Waals surface area contributed by atoms with Gasteiger partial charge in [-0.2, -0.15) is 10.1 Å². The van der Waals surface area contributed by atoms with Gasteiger partial charge < -0.3 is 14.4 Å². The second kappa shape index (κ2) is 8.73. The third-order valence-corrected chi connectivity index (χ3v) is 5.96. The second-order valence-corrected chi connectivity index (χ2v) is 8.12. The summed E-state index contributed by atoms with van der Waals surface area (Å²) in [4.78, 5) is 16.8. The zero-order valence-electron chi connectivity index (χ0n) is 18.2. The first kappa shape index (κ1) is 20.0. The summed E-state index contributed by atoms with van der Waals surface area (Å²) in [5.41, 5.74) is 5.70. The zero-order chi connectivity index (χ0) is 22.0. The summed E-state index contributed by atoms with van der Waals surface area (Å²) in [7, 11) is 0. The molecule has 0 bridgehead atoms. The molecule has 4 aromatic rings. The molecule has 0 amide bonds. The normalized spacial score (nSPS) is 16.7. The lowest BCUT2D eigenvalue weighted by atomic mass is 10.1. The molecule has 0 N–H and O–H groups in total. The van der Waals surface area contributed by atoms with Crippen LogP contribution in [0.1, 0.15) is 12.0 Å². The molecule has 2 aliphatic rings.